The number of rotatable bonds is 10. The summed E-state index contributed by atoms with van der Waals surface area (Å²) < 4.78 is 51.3. The Morgan fingerprint density at radius 2 is 2.03 bits per heavy atom. The molecule has 1 aromatic heterocycles. The Balaban J connectivity index is 1.90. The van der Waals surface area contributed by atoms with E-state index in [0.717, 1.165) is 6.20 Å². The Morgan fingerprint density at radius 3 is 2.61 bits per heavy atom. The number of alkyl halides is 1. The molecule has 1 aromatic carbocycles. The molecule has 1 aliphatic rings. The third kappa shape index (κ3) is 6.39. The van der Waals surface area contributed by atoms with E-state index in [9.17, 15) is 24.4 Å². The van der Waals surface area contributed by atoms with Crippen LogP contribution in [0, 0.1) is 17.0 Å². The lowest BCUT2D eigenvalue weighted by atomic mass is 9.94. The van der Waals surface area contributed by atoms with E-state index in [4.69, 9.17) is 37.2 Å². The third-order valence-electron chi connectivity index (χ3n) is 5.30. The van der Waals surface area contributed by atoms with Crippen LogP contribution in [0.1, 0.15) is 27.0 Å². The summed E-state index contributed by atoms with van der Waals surface area (Å²) >= 11 is 4.86. The van der Waals surface area contributed by atoms with Gasteiger partial charge >= 0.3 is 19.4 Å². The van der Waals surface area contributed by atoms with Gasteiger partial charge in [-0.05, 0) is 39.0 Å². The number of aromatic nitrogens is 2. The molecule has 2 heterocycles. The van der Waals surface area contributed by atoms with Gasteiger partial charge in [0, 0.05) is 6.20 Å². The van der Waals surface area contributed by atoms with Crippen molar-refractivity contribution in [2.24, 2.45) is 0 Å². The van der Waals surface area contributed by atoms with Gasteiger partial charge in [0.15, 0.2) is 12.3 Å². The maximum absolute atomic E-state index is 16.0. The number of halogens is 1. The number of aromatic amines is 1. The third-order valence-corrected chi connectivity index (χ3v) is 7.16. The number of carbonyl (C=O) groups excluding carboxylic acids is 1. The molecule has 38 heavy (non-hydrogen) atoms. The zero-order valence-electron chi connectivity index (χ0n) is 20.6. The van der Waals surface area contributed by atoms with Crippen molar-refractivity contribution in [1.82, 2.24) is 14.6 Å². The summed E-state index contributed by atoms with van der Waals surface area (Å²) in [6.07, 6.45) is 1.57. The molecule has 15 heteroatoms. The van der Waals surface area contributed by atoms with E-state index in [0.29, 0.717) is 4.57 Å². The van der Waals surface area contributed by atoms with Crippen molar-refractivity contribution in [3.05, 3.63) is 57.7 Å². The second kappa shape index (κ2) is 11.5. The summed E-state index contributed by atoms with van der Waals surface area (Å²) in [6.45, 7) is 3.23. The standard InChI is InChI=1S/C23H27FN3O9PS/c1-5-22(31)19(29)23(24,35-20(22)27-12-11-17(38)25-21(27)30)13-33-37(32,36-16-9-7-6-8-10-16)26-15(4)18(28)34-14(2)3/h1,6-12,14-15,19-20,29,31H,13H2,2-4H3,(H,26,32)(H,25,30,38)/t15-,19?,20+,22+,23+,37?/m0/s1. The molecule has 1 aliphatic heterocycles. The molecule has 2 aromatic rings. The van der Waals surface area contributed by atoms with Crippen molar-refractivity contribution >= 4 is 25.9 Å². The predicted octanol–water partition coefficient (Wildman–Crippen LogP) is 1.96. The van der Waals surface area contributed by atoms with Crippen molar-refractivity contribution in [3.63, 3.8) is 0 Å². The molecule has 0 saturated carbocycles. The van der Waals surface area contributed by atoms with Gasteiger partial charge in [0.2, 0.25) is 5.60 Å². The lowest BCUT2D eigenvalue weighted by Gasteiger charge is -2.28. The number of benzene rings is 1. The minimum Gasteiger partial charge on any atom is -0.462 e. The fourth-order valence-corrected chi connectivity index (χ4v) is 5.11. The molecule has 0 radical (unpaired) electrons. The number of esters is 1. The van der Waals surface area contributed by atoms with Crippen LogP contribution in [0.4, 0.5) is 4.39 Å². The van der Waals surface area contributed by atoms with Crippen LogP contribution in [-0.2, 0) is 23.4 Å². The zero-order chi connectivity index (χ0) is 28.3. The molecule has 1 fully saturated rings. The Kier molecular flexibility index (Phi) is 8.95. The number of carbonyl (C=O) groups is 1. The number of nitrogens with zero attached hydrogens (tertiary/aromatic N) is 1. The highest BCUT2D eigenvalue weighted by molar-refractivity contribution is 7.71. The first-order valence-electron chi connectivity index (χ1n) is 11.3. The molecule has 0 amide bonds. The van der Waals surface area contributed by atoms with Crippen LogP contribution >= 0.6 is 20.0 Å². The first-order valence-corrected chi connectivity index (χ1v) is 13.2. The van der Waals surface area contributed by atoms with Crippen molar-refractivity contribution in [2.45, 2.75) is 56.7 Å². The monoisotopic (exact) mass is 571 g/mol. The highest BCUT2D eigenvalue weighted by Crippen LogP contribution is 2.50. The van der Waals surface area contributed by atoms with Crippen LogP contribution in [0.2, 0.25) is 0 Å². The van der Waals surface area contributed by atoms with E-state index in [-0.39, 0.29) is 10.4 Å². The lowest BCUT2D eigenvalue weighted by Crippen LogP contribution is -2.51. The molecule has 12 nitrogen and oxygen atoms in total. The number of aliphatic hydroxyl groups excluding tert-OH is 1. The van der Waals surface area contributed by atoms with E-state index in [1.165, 1.54) is 25.1 Å². The molecule has 1 saturated heterocycles. The molecular formula is C23H27FN3O9PS. The van der Waals surface area contributed by atoms with Gasteiger partial charge in [0.05, 0.1) is 6.10 Å². The zero-order valence-corrected chi connectivity index (χ0v) is 22.3. The Bertz CT molecular complexity index is 1360. The summed E-state index contributed by atoms with van der Waals surface area (Å²) in [5, 5.41) is 23.9. The largest absolute Gasteiger partial charge is 0.462 e. The second-order valence-electron chi connectivity index (χ2n) is 8.66. The van der Waals surface area contributed by atoms with E-state index < -0.39 is 61.9 Å². The summed E-state index contributed by atoms with van der Waals surface area (Å²) in [6, 6.07) is 7.67. The van der Waals surface area contributed by atoms with Crippen molar-refractivity contribution < 1.29 is 42.5 Å². The molecule has 0 spiro atoms. The summed E-state index contributed by atoms with van der Waals surface area (Å²) in [5.41, 5.74) is -3.67. The van der Waals surface area contributed by atoms with Crippen molar-refractivity contribution in [3.8, 4) is 18.1 Å². The maximum atomic E-state index is 16.0. The van der Waals surface area contributed by atoms with Crippen LogP contribution in [0.5, 0.6) is 5.75 Å². The van der Waals surface area contributed by atoms with Gasteiger partial charge in [-0.3, -0.25) is 18.9 Å². The number of hydrogen-bond donors (Lipinski definition) is 4. The Labute approximate surface area is 222 Å². The minimum absolute atomic E-state index is 0.0395. The lowest BCUT2D eigenvalue weighted by molar-refractivity contribution is -0.204. The van der Waals surface area contributed by atoms with Gasteiger partial charge in [0.1, 0.15) is 23.0 Å². The Morgan fingerprint density at radius 1 is 1.37 bits per heavy atom. The SMILES string of the molecule is C#C[C@@]1(O)C(O)[C@@](F)(COP(=O)(N[C@@H](C)C(=O)OC(C)C)Oc2ccccc2)O[C@H]1n1ccc(=S)[nH]c1=O. The number of hydrogen-bond acceptors (Lipinski definition) is 10. The summed E-state index contributed by atoms with van der Waals surface area (Å²) in [4.78, 5) is 26.9. The fourth-order valence-electron chi connectivity index (χ4n) is 3.45. The number of nitrogens with one attached hydrogen (secondary N) is 2. The van der Waals surface area contributed by atoms with Crippen LogP contribution in [0.15, 0.2) is 47.4 Å². The number of terminal acetylenes is 1. The predicted molar refractivity (Wildman–Crippen MR) is 134 cm³/mol. The van der Waals surface area contributed by atoms with Crippen LogP contribution in [-0.4, -0.2) is 62.0 Å². The topological polar surface area (TPSA) is 161 Å². The first-order chi connectivity index (χ1) is 17.7. The number of para-hydroxylation sites is 1. The summed E-state index contributed by atoms with van der Waals surface area (Å²) in [7, 11) is -4.58. The number of ether oxygens (including phenoxy) is 2. The average Bonchev–Trinajstić information content (AvgIpc) is 3.05. The van der Waals surface area contributed by atoms with Crippen molar-refractivity contribution in [2.75, 3.05) is 6.61 Å². The van der Waals surface area contributed by atoms with Gasteiger partial charge in [-0.25, -0.2) is 13.8 Å². The molecular weight excluding hydrogens is 544 g/mol. The van der Waals surface area contributed by atoms with Gasteiger partial charge in [-0.2, -0.15) is 5.09 Å². The number of aliphatic hydroxyl groups is 2. The smallest absolute Gasteiger partial charge is 0.459 e. The van der Waals surface area contributed by atoms with E-state index in [2.05, 4.69) is 10.1 Å². The molecule has 0 aliphatic carbocycles. The first kappa shape index (κ1) is 29.7. The van der Waals surface area contributed by atoms with Gasteiger partial charge in [-0.1, -0.05) is 36.3 Å². The van der Waals surface area contributed by atoms with Gasteiger partial charge in [-0.15, -0.1) is 6.42 Å². The molecule has 4 N–H and O–H groups in total. The van der Waals surface area contributed by atoms with Gasteiger partial charge in [0.25, 0.3) is 5.85 Å². The van der Waals surface area contributed by atoms with Crippen molar-refractivity contribution in [1.29, 1.82) is 0 Å². The normalized spacial score (nSPS) is 27.3. The molecule has 2 unspecified atom stereocenters. The number of H-pyrrole nitrogens is 1. The van der Waals surface area contributed by atoms with Crippen LogP contribution < -0.4 is 15.3 Å². The average molecular weight is 572 g/mol. The van der Waals surface area contributed by atoms with E-state index in [1.807, 2.05) is 5.92 Å². The molecule has 206 valence electrons. The van der Waals surface area contributed by atoms with E-state index >= 15 is 4.39 Å². The second-order valence-corrected chi connectivity index (χ2v) is 10.8. The molecule has 0 bridgehead atoms. The van der Waals surface area contributed by atoms with Crippen LogP contribution in [0.3, 0.4) is 0 Å². The summed E-state index contributed by atoms with van der Waals surface area (Å²) in [5.74, 6) is -2.21. The molecule has 6 atom stereocenters. The highest BCUT2D eigenvalue weighted by Gasteiger charge is 2.65. The Hall–Kier alpha value is -2.89. The molecule has 3 rings (SSSR count). The van der Waals surface area contributed by atoms with Gasteiger partial charge < -0.3 is 24.2 Å². The van der Waals surface area contributed by atoms with Crippen LogP contribution in [0.25, 0.3) is 0 Å². The maximum Gasteiger partial charge on any atom is 0.459 e. The fraction of sp³-hybridized carbons (Fsp3) is 0.435. The van der Waals surface area contributed by atoms with E-state index in [1.54, 1.807) is 32.0 Å². The quantitative estimate of drug-likeness (QED) is 0.143. The minimum atomic E-state index is -4.58. The highest BCUT2D eigenvalue weighted by atomic mass is 32.1.